The third kappa shape index (κ3) is 5.39. The van der Waals surface area contributed by atoms with Crippen molar-refractivity contribution < 1.29 is 14.7 Å². The SMILES string of the molecule is CCCC(C)(NC(=O)CCCSC)C(=O)O. The summed E-state index contributed by atoms with van der Waals surface area (Å²) in [6.07, 6.45) is 4.35. The third-order valence-electron chi connectivity index (χ3n) is 2.39. The number of aliphatic carboxylic acids is 1. The molecule has 0 rings (SSSR count). The molecule has 0 heterocycles. The normalized spacial score (nSPS) is 14.2. The van der Waals surface area contributed by atoms with E-state index in [4.69, 9.17) is 5.11 Å². The van der Waals surface area contributed by atoms with Crippen LogP contribution in [0.25, 0.3) is 0 Å². The third-order valence-corrected chi connectivity index (χ3v) is 3.09. The van der Waals surface area contributed by atoms with Crippen molar-refractivity contribution in [1.29, 1.82) is 0 Å². The van der Waals surface area contributed by atoms with E-state index in [1.807, 2.05) is 13.2 Å². The van der Waals surface area contributed by atoms with E-state index in [0.717, 1.165) is 18.6 Å². The van der Waals surface area contributed by atoms with Gasteiger partial charge in [0.1, 0.15) is 5.54 Å². The fraction of sp³-hybridized carbons (Fsp3) is 0.818. The zero-order valence-electron chi connectivity index (χ0n) is 10.2. The van der Waals surface area contributed by atoms with Crippen LogP contribution in [0.4, 0.5) is 0 Å². The number of carboxylic acids is 1. The Kier molecular flexibility index (Phi) is 7.21. The van der Waals surface area contributed by atoms with Gasteiger partial charge in [-0.1, -0.05) is 13.3 Å². The van der Waals surface area contributed by atoms with Crippen LogP contribution >= 0.6 is 11.8 Å². The molecular formula is C11H21NO3S. The van der Waals surface area contributed by atoms with Crippen molar-refractivity contribution in [2.24, 2.45) is 0 Å². The first kappa shape index (κ1) is 15.3. The smallest absolute Gasteiger partial charge is 0.329 e. The van der Waals surface area contributed by atoms with Gasteiger partial charge < -0.3 is 10.4 Å². The molecule has 0 aliphatic rings. The summed E-state index contributed by atoms with van der Waals surface area (Å²) in [6, 6.07) is 0. The van der Waals surface area contributed by atoms with Gasteiger partial charge in [-0.2, -0.15) is 11.8 Å². The topological polar surface area (TPSA) is 66.4 Å². The summed E-state index contributed by atoms with van der Waals surface area (Å²) in [5, 5.41) is 11.7. The highest BCUT2D eigenvalue weighted by Gasteiger charge is 2.33. The van der Waals surface area contributed by atoms with Gasteiger partial charge in [0.05, 0.1) is 0 Å². The lowest BCUT2D eigenvalue weighted by atomic mass is 9.96. The highest BCUT2D eigenvalue weighted by molar-refractivity contribution is 7.98. The highest BCUT2D eigenvalue weighted by atomic mass is 32.2. The minimum atomic E-state index is -1.12. The molecule has 0 saturated heterocycles. The van der Waals surface area contributed by atoms with Crippen molar-refractivity contribution in [3.05, 3.63) is 0 Å². The molecule has 0 aromatic heterocycles. The molecule has 0 radical (unpaired) electrons. The van der Waals surface area contributed by atoms with Crippen molar-refractivity contribution in [3.8, 4) is 0 Å². The minimum absolute atomic E-state index is 0.174. The van der Waals surface area contributed by atoms with Crippen molar-refractivity contribution >= 4 is 23.6 Å². The second kappa shape index (κ2) is 7.54. The van der Waals surface area contributed by atoms with Crippen molar-refractivity contribution in [1.82, 2.24) is 5.32 Å². The second-order valence-electron chi connectivity index (χ2n) is 4.03. The first-order valence-electron chi connectivity index (χ1n) is 5.49. The number of nitrogens with one attached hydrogen (secondary N) is 1. The maximum Gasteiger partial charge on any atom is 0.329 e. The Labute approximate surface area is 101 Å². The van der Waals surface area contributed by atoms with E-state index in [-0.39, 0.29) is 5.91 Å². The number of carbonyl (C=O) groups excluding carboxylic acids is 1. The van der Waals surface area contributed by atoms with Crippen LogP contribution in [-0.4, -0.2) is 34.5 Å². The lowest BCUT2D eigenvalue weighted by Gasteiger charge is -2.25. The Morgan fingerprint density at radius 2 is 2.06 bits per heavy atom. The summed E-state index contributed by atoms with van der Waals surface area (Å²) in [5.41, 5.74) is -1.12. The van der Waals surface area contributed by atoms with Crippen LogP contribution < -0.4 is 5.32 Å². The summed E-state index contributed by atoms with van der Waals surface area (Å²) in [4.78, 5) is 22.6. The molecule has 94 valence electrons. The van der Waals surface area contributed by atoms with Crippen LogP contribution in [0.1, 0.15) is 39.5 Å². The Balaban J connectivity index is 4.19. The van der Waals surface area contributed by atoms with E-state index >= 15 is 0 Å². The first-order valence-corrected chi connectivity index (χ1v) is 6.89. The first-order chi connectivity index (χ1) is 7.46. The summed E-state index contributed by atoms with van der Waals surface area (Å²) in [7, 11) is 0. The van der Waals surface area contributed by atoms with E-state index in [9.17, 15) is 9.59 Å². The van der Waals surface area contributed by atoms with Crippen molar-refractivity contribution in [3.63, 3.8) is 0 Å². The van der Waals surface area contributed by atoms with Crippen LogP contribution in [-0.2, 0) is 9.59 Å². The second-order valence-corrected chi connectivity index (χ2v) is 5.02. The van der Waals surface area contributed by atoms with Crippen LogP contribution in [0.3, 0.4) is 0 Å². The molecule has 0 aliphatic carbocycles. The molecular weight excluding hydrogens is 226 g/mol. The Morgan fingerprint density at radius 1 is 1.44 bits per heavy atom. The number of carbonyl (C=O) groups is 2. The number of hydrogen-bond donors (Lipinski definition) is 2. The highest BCUT2D eigenvalue weighted by Crippen LogP contribution is 2.13. The summed E-state index contributed by atoms with van der Waals surface area (Å²) in [5.74, 6) is -0.217. The molecule has 1 amide bonds. The van der Waals surface area contributed by atoms with Crippen molar-refractivity contribution in [2.45, 2.75) is 45.1 Å². The van der Waals surface area contributed by atoms with E-state index in [0.29, 0.717) is 12.8 Å². The number of amides is 1. The molecule has 1 atom stereocenters. The van der Waals surface area contributed by atoms with Gasteiger partial charge in [-0.25, -0.2) is 4.79 Å². The molecule has 16 heavy (non-hydrogen) atoms. The maximum atomic E-state index is 11.5. The lowest BCUT2D eigenvalue weighted by molar-refractivity contribution is -0.147. The Hall–Kier alpha value is -0.710. The molecule has 2 N–H and O–H groups in total. The molecule has 0 aromatic rings. The van der Waals surface area contributed by atoms with E-state index < -0.39 is 11.5 Å². The molecule has 1 unspecified atom stereocenters. The molecule has 0 fully saturated rings. The predicted molar refractivity (Wildman–Crippen MR) is 66.7 cm³/mol. The fourth-order valence-electron chi connectivity index (χ4n) is 1.47. The Morgan fingerprint density at radius 3 is 2.50 bits per heavy atom. The standard InChI is InChI=1S/C11H21NO3S/c1-4-7-11(2,10(14)15)12-9(13)6-5-8-16-3/h4-8H2,1-3H3,(H,12,13)(H,14,15). The Bertz CT molecular complexity index is 245. The van der Waals surface area contributed by atoms with Gasteiger partial charge >= 0.3 is 5.97 Å². The summed E-state index contributed by atoms with van der Waals surface area (Å²) in [6.45, 7) is 3.46. The molecule has 0 aliphatic heterocycles. The molecule has 0 spiro atoms. The average Bonchev–Trinajstić information content (AvgIpc) is 2.18. The molecule has 0 aromatic carbocycles. The van der Waals surface area contributed by atoms with Gasteiger partial charge in [0.2, 0.25) is 5.91 Å². The zero-order chi connectivity index (χ0) is 12.6. The van der Waals surface area contributed by atoms with Crippen molar-refractivity contribution in [2.75, 3.05) is 12.0 Å². The lowest BCUT2D eigenvalue weighted by Crippen LogP contribution is -2.52. The van der Waals surface area contributed by atoms with Gasteiger partial charge in [-0.15, -0.1) is 0 Å². The summed E-state index contributed by atoms with van der Waals surface area (Å²) >= 11 is 1.68. The molecule has 5 heteroatoms. The largest absolute Gasteiger partial charge is 0.480 e. The van der Waals surface area contributed by atoms with E-state index in [2.05, 4.69) is 5.32 Å². The molecule has 0 saturated carbocycles. The van der Waals surface area contributed by atoms with Gasteiger partial charge in [0, 0.05) is 6.42 Å². The predicted octanol–water partition coefficient (Wildman–Crippen LogP) is 1.89. The number of rotatable bonds is 8. The maximum absolute atomic E-state index is 11.5. The van der Waals surface area contributed by atoms with Gasteiger partial charge in [-0.05, 0) is 31.8 Å². The van der Waals surface area contributed by atoms with Crippen LogP contribution in [0.2, 0.25) is 0 Å². The van der Waals surface area contributed by atoms with E-state index in [1.54, 1.807) is 18.7 Å². The van der Waals surface area contributed by atoms with Gasteiger partial charge in [-0.3, -0.25) is 4.79 Å². The van der Waals surface area contributed by atoms with E-state index in [1.165, 1.54) is 0 Å². The monoisotopic (exact) mass is 247 g/mol. The van der Waals surface area contributed by atoms with Crippen LogP contribution in [0, 0.1) is 0 Å². The van der Waals surface area contributed by atoms with Crippen LogP contribution in [0.15, 0.2) is 0 Å². The quantitative estimate of drug-likeness (QED) is 0.643. The molecule has 4 nitrogen and oxygen atoms in total. The van der Waals surface area contributed by atoms with Crippen LogP contribution in [0.5, 0.6) is 0 Å². The van der Waals surface area contributed by atoms with Gasteiger partial charge in [0.15, 0.2) is 0 Å². The average molecular weight is 247 g/mol. The zero-order valence-corrected chi connectivity index (χ0v) is 11.0. The number of carboxylic acid groups (broad SMARTS) is 1. The summed E-state index contributed by atoms with van der Waals surface area (Å²) < 4.78 is 0. The number of hydrogen-bond acceptors (Lipinski definition) is 3. The minimum Gasteiger partial charge on any atom is -0.480 e. The fourth-order valence-corrected chi connectivity index (χ4v) is 1.90. The molecule has 0 bridgehead atoms. The number of thioether (sulfide) groups is 1. The van der Waals surface area contributed by atoms with Gasteiger partial charge in [0.25, 0.3) is 0 Å².